The Labute approximate surface area is 454 Å². The molecule has 0 saturated carbocycles. The molecule has 0 rings (SSSR count). The summed E-state index contributed by atoms with van der Waals surface area (Å²) in [6.45, 7) is 6.58. The quantitative estimate of drug-likeness (QED) is 0.0261. The lowest BCUT2D eigenvalue weighted by atomic mass is 10.0. The average Bonchev–Trinajstić information content (AvgIpc) is 3.39. The molecule has 0 fully saturated rings. The Morgan fingerprint density at radius 1 is 0.288 bits per heavy atom. The summed E-state index contributed by atoms with van der Waals surface area (Å²) in [6.07, 6.45) is 76.9. The monoisotopic (exact) mass is 1020 g/mol. The van der Waals surface area contributed by atoms with Crippen LogP contribution in [0.2, 0.25) is 0 Å². The Bertz CT molecular complexity index is 1270. The van der Waals surface area contributed by atoms with Crippen molar-refractivity contribution < 1.29 is 28.6 Å². The van der Waals surface area contributed by atoms with Crippen molar-refractivity contribution in [1.82, 2.24) is 0 Å². The summed E-state index contributed by atoms with van der Waals surface area (Å²) in [5, 5.41) is 0. The van der Waals surface area contributed by atoms with E-state index in [0.717, 1.165) is 83.5 Å². The highest BCUT2D eigenvalue weighted by Crippen LogP contribution is 2.17. The summed E-state index contributed by atoms with van der Waals surface area (Å²) in [6, 6.07) is 0. The van der Waals surface area contributed by atoms with Gasteiger partial charge in [-0.3, -0.25) is 14.4 Å². The summed E-state index contributed by atoms with van der Waals surface area (Å²) >= 11 is 0. The van der Waals surface area contributed by atoms with E-state index in [2.05, 4.69) is 69.4 Å². The Morgan fingerprint density at radius 3 is 0.849 bits per heavy atom. The first-order chi connectivity index (χ1) is 36.0. The number of rotatable bonds is 59. The Kier molecular flexibility index (Phi) is 59.7. The smallest absolute Gasteiger partial charge is 0.306 e. The highest BCUT2D eigenvalue weighted by Gasteiger charge is 2.19. The molecule has 0 radical (unpaired) electrons. The summed E-state index contributed by atoms with van der Waals surface area (Å²) < 4.78 is 16.9. The van der Waals surface area contributed by atoms with Crippen LogP contribution in [0.3, 0.4) is 0 Å². The van der Waals surface area contributed by atoms with Gasteiger partial charge in [-0.15, -0.1) is 0 Å². The molecule has 0 amide bonds. The van der Waals surface area contributed by atoms with Gasteiger partial charge in [-0.25, -0.2) is 0 Å². The summed E-state index contributed by atoms with van der Waals surface area (Å²) in [4.78, 5) is 38.3. The maximum atomic E-state index is 12.9. The molecule has 0 aromatic carbocycles. The lowest BCUT2D eigenvalue weighted by Gasteiger charge is -2.18. The number of allylic oxidation sites excluding steroid dienone is 8. The molecule has 0 aromatic heterocycles. The van der Waals surface area contributed by atoms with Crippen molar-refractivity contribution in [2.24, 2.45) is 0 Å². The van der Waals surface area contributed by atoms with E-state index >= 15 is 0 Å². The fourth-order valence-electron chi connectivity index (χ4n) is 9.51. The standard InChI is InChI=1S/C67H122O6/c1-4-7-10-13-16-19-22-25-28-30-31-32-33-34-35-37-39-42-45-48-51-54-57-60-66(69)72-63-64(62-71-65(68)59-56-53-50-47-44-41-38-27-24-21-18-15-12-9-6-3)73-67(70)61-58-55-52-49-46-43-40-36-29-26-23-20-17-14-11-8-5-2/h8,11,17,20,26,29-31,64H,4-7,9-10,12-16,18-19,21-25,27-28,32-63H2,1-3H3/b11-8-,20-17-,29-26-,31-30-. The summed E-state index contributed by atoms with van der Waals surface area (Å²) in [5.41, 5.74) is 0. The minimum atomic E-state index is -0.777. The molecule has 0 heterocycles. The van der Waals surface area contributed by atoms with E-state index in [-0.39, 0.29) is 31.1 Å². The van der Waals surface area contributed by atoms with Gasteiger partial charge in [0.05, 0.1) is 0 Å². The zero-order valence-electron chi connectivity index (χ0n) is 48.9. The molecule has 0 aromatic rings. The van der Waals surface area contributed by atoms with Crippen molar-refractivity contribution in [1.29, 1.82) is 0 Å². The normalized spacial score (nSPS) is 12.3. The number of hydrogen-bond donors (Lipinski definition) is 0. The first-order valence-corrected chi connectivity index (χ1v) is 32.1. The van der Waals surface area contributed by atoms with Crippen LogP contribution in [0.25, 0.3) is 0 Å². The van der Waals surface area contributed by atoms with Crippen molar-refractivity contribution in [3.05, 3.63) is 48.6 Å². The first-order valence-electron chi connectivity index (χ1n) is 32.1. The first kappa shape index (κ1) is 70.4. The van der Waals surface area contributed by atoms with E-state index in [1.807, 2.05) is 0 Å². The molecule has 0 bridgehead atoms. The van der Waals surface area contributed by atoms with Gasteiger partial charge >= 0.3 is 17.9 Å². The molecule has 0 aliphatic rings. The Balaban J connectivity index is 4.30. The van der Waals surface area contributed by atoms with Gasteiger partial charge in [0.25, 0.3) is 0 Å². The van der Waals surface area contributed by atoms with Crippen LogP contribution < -0.4 is 0 Å². The molecule has 0 aliphatic carbocycles. The topological polar surface area (TPSA) is 78.9 Å². The highest BCUT2D eigenvalue weighted by atomic mass is 16.6. The minimum Gasteiger partial charge on any atom is -0.462 e. The van der Waals surface area contributed by atoms with Crippen LogP contribution in [-0.2, 0) is 28.6 Å². The minimum absolute atomic E-state index is 0.0735. The Hall–Kier alpha value is -2.63. The zero-order valence-corrected chi connectivity index (χ0v) is 48.9. The van der Waals surface area contributed by atoms with Crippen molar-refractivity contribution in [2.75, 3.05) is 13.2 Å². The maximum Gasteiger partial charge on any atom is 0.306 e. The van der Waals surface area contributed by atoms with Crippen molar-refractivity contribution >= 4 is 17.9 Å². The number of unbranched alkanes of at least 4 members (excludes halogenated alkanes) is 40. The average molecular weight is 1020 g/mol. The van der Waals surface area contributed by atoms with Crippen LogP contribution in [0.15, 0.2) is 48.6 Å². The van der Waals surface area contributed by atoms with Crippen molar-refractivity contribution in [2.45, 2.75) is 348 Å². The number of hydrogen-bond acceptors (Lipinski definition) is 6. The summed E-state index contributed by atoms with van der Waals surface area (Å²) in [5.74, 6) is -0.863. The molecule has 6 heteroatoms. The lowest BCUT2D eigenvalue weighted by molar-refractivity contribution is -0.167. The van der Waals surface area contributed by atoms with E-state index in [4.69, 9.17) is 14.2 Å². The van der Waals surface area contributed by atoms with Gasteiger partial charge in [0.2, 0.25) is 0 Å². The van der Waals surface area contributed by atoms with E-state index in [1.165, 1.54) is 218 Å². The van der Waals surface area contributed by atoms with E-state index in [9.17, 15) is 14.4 Å². The molecule has 1 unspecified atom stereocenters. The van der Waals surface area contributed by atoms with Gasteiger partial charge in [0.1, 0.15) is 13.2 Å². The van der Waals surface area contributed by atoms with Gasteiger partial charge in [-0.05, 0) is 77.0 Å². The van der Waals surface area contributed by atoms with Crippen LogP contribution in [0.1, 0.15) is 342 Å². The largest absolute Gasteiger partial charge is 0.462 e. The SMILES string of the molecule is CC/C=C\C/C=C\C/C=C\CCCCCCCCCC(=O)OC(COC(=O)CCCCCCCCCCCCC/C=C\CCCCCCCCCC)COC(=O)CCCCCCCCCCCCCCCCC. The predicted molar refractivity (Wildman–Crippen MR) is 316 cm³/mol. The van der Waals surface area contributed by atoms with Crippen LogP contribution in [0.5, 0.6) is 0 Å². The van der Waals surface area contributed by atoms with Crippen LogP contribution in [0.4, 0.5) is 0 Å². The van der Waals surface area contributed by atoms with Crippen LogP contribution in [-0.4, -0.2) is 37.2 Å². The molecule has 73 heavy (non-hydrogen) atoms. The second-order valence-corrected chi connectivity index (χ2v) is 21.6. The number of carbonyl (C=O) groups excluding carboxylic acids is 3. The molecular formula is C67H122O6. The van der Waals surface area contributed by atoms with Crippen LogP contribution >= 0.6 is 0 Å². The van der Waals surface area contributed by atoms with Crippen molar-refractivity contribution in [3.63, 3.8) is 0 Å². The highest BCUT2D eigenvalue weighted by molar-refractivity contribution is 5.71. The molecule has 0 spiro atoms. The molecule has 426 valence electrons. The van der Waals surface area contributed by atoms with E-state index in [0.29, 0.717) is 19.3 Å². The van der Waals surface area contributed by atoms with Crippen molar-refractivity contribution in [3.8, 4) is 0 Å². The molecule has 0 aliphatic heterocycles. The van der Waals surface area contributed by atoms with Crippen LogP contribution in [0, 0.1) is 0 Å². The fraction of sp³-hybridized carbons (Fsp3) is 0.836. The second kappa shape index (κ2) is 61.9. The predicted octanol–water partition coefficient (Wildman–Crippen LogP) is 21.8. The zero-order chi connectivity index (χ0) is 52.9. The number of esters is 3. The molecule has 6 nitrogen and oxygen atoms in total. The maximum absolute atomic E-state index is 12.9. The van der Waals surface area contributed by atoms with E-state index in [1.54, 1.807) is 0 Å². The molecule has 0 saturated heterocycles. The third-order valence-electron chi connectivity index (χ3n) is 14.3. The van der Waals surface area contributed by atoms with Gasteiger partial charge < -0.3 is 14.2 Å². The third kappa shape index (κ3) is 60.1. The molecule has 0 N–H and O–H groups in total. The second-order valence-electron chi connectivity index (χ2n) is 21.6. The molecular weight excluding hydrogens is 901 g/mol. The fourth-order valence-corrected chi connectivity index (χ4v) is 9.51. The lowest BCUT2D eigenvalue weighted by Crippen LogP contribution is -2.30. The van der Waals surface area contributed by atoms with Gasteiger partial charge in [-0.1, -0.05) is 294 Å². The summed E-state index contributed by atoms with van der Waals surface area (Å²) in [7, 11) is 0. The Morgan fingerprint density at radius 2 is 0.534 bits per heavy atom. The third-order valence-corrected chi connectivity index (χ3v) is 14.3. The molecule has 1 atom stereocenters. The van der Waals surface area contributed by atoms with Gasteiger partial charge in [0, 0.05) is 19.3 Å². The number of carbonyl (C=O) groups is 3. The van der Waals surface area contributed by atoms with E-state index < -0.39 is 6.10 Å². The number of ether oxygens (including phenoxy) is 3. The van der Waals surface area contributed by atoms with Gasteiger partial charge in [0.15, 0.2) is 6.10 Å². The van der Waals surface area contributed by atoms with Gasteiger partial charge in [-0.2, -0.15) is 0 Å².